The molecule has 0 heterocycles. The molecule has 16 heavy (non-hydrogen) atoms. The van der Waals surface area contributed by atoms with Gasteiger partial charge >= 0.3 is 0 Å². The van der Waals surface area contributed by atoms with Crippen molar-refractivity contribution in [2.45, 2.75) is 39.2 Å². The molecule has 0 saturated carbocycles. The average molecular weight is 234 g/mol. The molecule has 0 aliphatic heterocycles. The van der Waals surface area contributed by atoms with E-state index < -0.39 is 0 Å². The van der Waals surface area contributed by atoms with Crippen LogP contribution >= 0.6 is 0 Å². The molecule has 98 valence electrons. The van der Waals surface area contributed by atoms with E-state index in [1.807, 2.05) is 0 Å². The van der Waals surface area contributed by atoms with Crippen LogP contribution in [0.4, 0.5) is 0 Å². The van der Waals surface area contributed by atoms with Crippen LogP contribution in [0.1, 0.15) is 33.1 Å². The van der Waals surface area contributed by atoms with E-state index in [1.165, 1.54) is 0 Å². The standard InChI is InChI=1S/C12H26O4/c1-11(2)4-3-5-12(14)10-16-9-8-15-7-6-13/h11-14H,3-10H2,1-2H3. The van der Waals surface area contributed by atoms with E-state index in [2.05, 4.69) is 13.8 Å². The molecule has 0 amide bonds. The molecule has 0 spiro atoms. The summed E-state index contributed by atoms with van der Waals surface area (Å²) in [5.41, 5.74) is 0. The maximum atomic E-state index is 9.56. The zero-order chi connectivity index (χ0) is 12.2. The normalized spacial score (nSPS) is 13.3. The molecular weight excluding hydrogens is 208 g/mol. The maximum absolute atomic E-state index is 9.56. The van der Waals surface area contributed by atoms with Crippen LogP contribution < -0.4 is 0 Å². The Kier molecular flexibility index (Phi) is 11.2. The summed E-state index contributed by atoms with van der Waals surface area (Å²) in [6.07, 6.45) is 2.63. The van der Waals surface area contributed by atoms with Crippen molar-refractivity contribution in [1.82, 2.24) is 0 Å². The Hall–Kier alpha value is -0.160. The Morgan fingerprint density at radius 2 is 1.69 bits per heavy atom. The Morgan fingerprint density at radius 3 is 2.31 bits per heavy atom. The van der Waals surface area contributed by atoms with Crippen molar-refractivity contribution in [1.29, 1.82) is 0 Å². The second kappa shape index (κ2) is 11.3. The average Bonchev–Trinajstić information content (AvgIpc) is 2.22. The van der Waals surface area contributed by atoms with Gasteiger partial charge in [-0.25, -0.2) is 0 Å². The highest BCUT2D eigenvalue weighted by molar-refractivity contribution is 4.55. The predicted molar refractivity (Wildman–Crippen MR) is 63.4 cm³/mol. The van der Waals surface area contributed by atoms with Gasteiger partial charge in [0.2, 0.25) is 0 Å². The van der Waals surface area contributed by atoms with E-state index in [9.17, 15) is 5.11 Å². The molecule has 4 heteroatoms. The van der Waals surface area contributed by atoms with Crippen LogP contribution in [0.3, 0.4) is 0 Å². The van der Waals surface area contributed by atoms with E-state index in [4.69, 9.17) is 14.6 Å². The summed E-state index contributed by atoms with van der Waals surface area (Å²) in [6.45, 7) is 6.07. The number of hydrogen-bond donors (Lipinski definition) is 2. The van der Waals surface area contributed by atoms with E-state index in [-0.39, 0.29) is 12.7 Å². The first-order valence-corrected chi connectivity index (χ1v) is 6.11. The van der Waals surface area contributed by atoms with Crippen molar-refractivity contribution in [2.75, 3.05) is 33.0 Å². The first kappa shape index (κ1) is 15.8. The third kappa shape index (κ3) is 11.9. The maximum Gasteiger partial charge on any atom is 0.0773 e. The van der Waals surface area contributed by atoms with Gasteiger partial charge in [-0.05, 0) is 12.3 Å². The van der Waals surface area contributed by atoms with E-state index in [0.29, 0.717) is 32.3 Å². The topological polar surface area (TPSA) is 58.9 Å². The zero-order valence-corrected chi connectivity index (χ0v) is 10.5. The lowest BCUT2D eigenvalue weighted by Gasteiger charge is -2.12. The molecule has 2 N–H and O–H groups in total. The third-order valence-electron chi connectivity index (χ3n) is 2.24. The van der Waals surface area contributed by atoms with Gasteiger partial charge in [0, 0.05) is 0 Å². The number of aliphatic hydroxyl groups excluding tert-OH is 2. The molecule has 0 aromatic heterocycles. The summed E-state index contributed by atoms with van der Waals surface area (Å²) < 4.78 is 10.3. The first-order chi connectivity index (χ1) is 7.66. The van der Waals surface area contributed by atoms with Crippen molar-refractivity contribution in [2.24, 2.45) is 5.92 Å². The van der Waals surface area contributed by atoms with Gasteiger partial charge in [-0.15, -0.1) is 0 Å². The smallest absolute Gasteiger partial charge is 0.0773 e. The van der Waals surface area contributed by atoms with Gasteiger partial charge in [-0.2, -0.15) is 0 Å². The Labute approximate surface area is 98.6 Å². The quantitative estimate of drug-likeness (QED) is 0.527. The summed E-state index contributed by atoms with van der Waals surface area (Å²) in [4.78, 5) is 0. The van der Waals surface area contributed by atoms with Gasteiger partial charge in [0.05, 0.1) is 39.1 Å². The number of ether oxygens (including phenoxy) is 2. The van der Waals surface area contributed by atoms with E-state index >= 15 is 0 Å². The van der Waals surface area contributed by atoms with Gasteiger partial charge in [-0.1, -0.05) is 26.7 Å². The highest BCUT2D eigenvalue weighted by Crippen LogP contribution is 2.08. The van der Waals surface area contributed by atoms with Gasteiger partial charge in [-0.3, -0.25) is 0 Å². The van der Waals surface area contributed by atoms with Gasteiger partial charge in [0.15, 0.2) is 0 Å². The summed E-state index contributed by atoms with van der Waals surface area (Å²) >= 11 is 0. The molecule has 0 radical (unpaired) electrons. The fourth-order valence-corrected chi connectivity index (χ4v) is 1.35. The second-order valence-electron chi connectivity index (χ2n) is 4.39. The lowest BCUT2D eigenvalue weighted by molar-refractivity contribution is -0.00480. The summed E-state index contributed by atoms with van der Waals surface area (Å²) in [7, 11) is 0. The molecule has 0 fully saturated rings. The highest BCUT2D eigenvalue weighted by atomic mass is 16.5. The highest BCUT2D eigenvalue weighted by Gasteiger charge is 2.04. The molecule has 0 saturated heterocycles. The lowest BCUT2D eigenvalue weighted by atomic mass is 10.0. The van der Waals surface area contributed by atoms with Crippen LogP contribution in [0.2, 0.25) is 0 Å². The van der Waals surface area contributed by atoms with Crippen LogP contribution in [-0.2, 0) is 9.47 Å². The Bertz CT molecular complexity index is 139. The second-order valence-corrected chi connectivity index (χ2v) is 4.39. The monoisotopic (exact) mass is 234 g/mol. The summed E-state index contributed by atoms with van der Waals surface area (Å²) in [5.74, 6) is 0.694. The minimum absolute atomic E-state index is 0.0395. The fraction of sp³-hybridized carbons (Fsp3) is 1.00. The predicted octanol–water partition coefficient (Wildman–Crippen LogP) is 1.20. The molecule has 4 nitrogen and oxygen atoms in total. The van der Waals surface area contributed by atoms with Crippen molar-refractivity contribution in [3.63, 3.8) is 0 Å². The molecular formula is C12H26O4. The molecule has 0 aromatic carbocycles. The minimum Gasteiger partial charge on any atom is -0.394 e. The molecule has 0 aliphatic rings. The van der Waals surface area contributed by atoms with Crippen LogP contribution in [0, 0.1) is 5.92 Å². The van der Waals surface area contributed by atoms with E-state index in [0.717, 1.165) is 19.3 Å². The summed E-state index contributed by atoms with van der Waals surface area (Å²) in [5, 5.41) is 18.0. The fourth-order valence-electron chi connectivity index (χ4n) is 1.35. The molecule has 0 bridgehead atoms. The number of aliphatic hydroxyl groups is 2. The molecule has 1 unspecified atom stereocenters. The number of rotatable bonds is 11. The SMILES string of the molecule is CC(C)CCCC(O)COCCOCCO. The molecule has 0 rings (SSSR count). The Morgan fingerprint density at radius 1 is 1.00 bits per heavy atom. The van der Waals surface area contributed by atoms with Crippen molar-refractivity contribution in [3.8, 4) is 0 Å². The van der Waals surface area contributed by atoms with Crippen molar-refractivity contribution < 1.29 is 19.7 Å². The minimum atomic E-state index is -0.364. The van der Waals surface area contributed by atoms with Crippen LogP contribution in [0.5, 0.6) is 0 Å². The number of hydrogen-bond acceptors (Lipinski definition) is 4. The molecule has 1 atom stereocenters. The van der Waals surface area contributed by atoms with Gasteiger partial charge < -0.3 is 19.7 Å². The van der Waals surface area contributed by atoms with Crippen LogP contribution in [0.15, 0.2) is 0 Å². The van der Waals surface area contributed by atoms with Crippen molar-refractivity contribution in [3.05, 3.63) is 0 Å². The van der Waals surface area contributed by atoms with Crippen LogP contribution in [-0.4, -0.2) is 49.4 Å². The first-order valence-electron chi connectivity index (χ1n) is 6.11. The summed E-state index contributed by atoms with van der Waals surface area (Å²) in [6, 6.07) is 0. The third-order valence-corrected chi connectivity index (χ3v) is 2.24. The van der Waals surface area contributed by atoms with E-state index in [1.54, 1.807) is 0 Å². The van der Waals surface area contributed by atoms with Gasteiger partial charge in [0.25, 0.3) is 0 Å². The largest absolute Gasteiger partial charge is 0.394 e. The van der Waals surface area contributed by atoms with Crippen molar-refractivity contribution >= 4 is 0 Å². The van der Waals surface area contributed by atoms with Crippen LogP contribution in [0.25, 0.3) is 0 Å². The molecule has 0 aliphatic carbocycles. The Balaban J connectivity index is 3.14. The molecule has 0 aromatic rings. The lowest BCUT2D eigenvalue weighted by Crippen LogP contribution is -2.17. The van der Waals surface area contributed by atoms with Gasteiger partial charge in [0.1, 0.15) is 0 Å². The zero-order valence-electron chi connectivity index (χ0n) is 10.5.